The van der Waals surface area contributed by atoms with E-state index in [1.54, 1.807) is 14.0 Å². The molecule has 1 aliphatic carbocycles. The standard InChI is InChI=1S/C20H25N3O3/c1-4-14-8-10-15(11-9-14)23-17-7-5-6-16(17)18(21-23)19(24)22(3)12-13(2)20(25)26/h8-11,13H,4-7,12H2,1-3H3,(H,25,26). The molecule has 0 aliphatic heterocycles. The van der Waals surface area contributed by atoms with Crippen molar-refractivity contribution in [2.45, 2.75) is 39.5 Å². The zero-order chi connectivity index (χ0) is 18.8. The first-order valence-corrected chi connectivity index (χ1v) is 9.10. The monoisotopic (exact) mass is 355 g/mol. The first kappa shape index (κ1) is 18.2. The van der Waals surface area contributed by atoms with Crippen molar-refractivity contribution in [1.82, 2.24) is 14.7 Å². The predicted octanol–water partition coefficient (Wildman–Crippen LogP) is 2.72. The molecule has 1 atom stereocenters. The molecule has 26 heavy (non-hydrogen) atoms. The van der Waals surface area contributed by atoms with Gasteiger partial charge in [0, 0.05) is 24.8 Å². The van der Waals surface area contributed by atoms with Crippen LogP contribution >= 0.6 is 0 Å². The summed E-state index contributed by atoms with van der Waals surface area (Å²) in [4.78, 5) is 25.4. The first-order chi connectivity index (χ1) is 12.4. The summed E-state index contributed by atoms with van der Waals surface area (Å²) in [5.74, 6) is -1.72. The molecule has 0 spiro atoms. The van der Waals surface area contributed by atoms with Gasteiger partial charge in [-0.1, -0.05) is 26.0 Å². The SMILES string of the molecule is CCc1ccc(-n2nc(C(=O)N(C)CC(C)C(=O)O)c3c2CCC3)cc1. The van der Waals surface area contributed by atoms with E-state index in [-0.39, 0.29) is 12.5 Å². The van der Waals surface area contributed by atoms with Gasteiger partial charge in [-0.15, -0.1) is 0 Å². The molecule has 1 aromatic carbocycles. The Labute approximate surface area is 153 Å². The fraction of sp³-hybridized carbons (Fsp3) is 0.450. The molecule has 1 aliphatic rings. The predicted molar refractivity (Wildman–Crippen MR) is 98.7 cm³/mol. The Bertz CT molecular complexity index is 824. The maximum Gasteiger partial charge on any atom is 0.308 e. The van der Waals surface area contributed by atoms with Crippen LogP contribution in [0.2, 0.25) is 0 Å². The Balaban J connectivity index is 1.91. The van der Waals surface area contributed by atoms with Gasteiger partial charge in [-0.2, -0.15) is 5.10 Å². The van der Waals surface area contributed by atoms with E-state index in [2.05, 4.69) is 24.2 Å². The zero-order valence-corrected chi connectivity index (χ0v) is 15.5. The number of aromatic nitrogens is 2. The largest absolute Gasteiger partial charge is 0.481 e. The smallest absolute Gasteiger partial charge is 0.308 e. The van der Waals surface area contributed by atoms with Crippen LogP contribution in [0.15, 0.2) is 24.3 Å². The average molecular weight is 355 g/mol. The van der Waals surface area contributed by atoms with Gasteiger partial charge in [-0.3, -0.25) is 9.59 Å². The summed E-state index contributed by atoms with van der Waals surface area (Å²) < 4.78 is 1.88. The highest BCUT2D eigenvalue weighted by atomic mass is 16.4. The Hall–Kier alpha value is -2.63. The van der Waals surface area contributed by atoms with E-state index in [4.69, 9.17) is 5.11 Å². The van der Waals surface area contributed by atoms with E-state index < -0.39 is 11.9 Å². The summed E-state index contributed by atoms with van der Waals surface area (Å²) in [6.45, 7) is 3.89. The lowest BCUT2D eigenvalue weighted by Gasteiger charge is -2.18. The van der Waals surface area contributed by atoms with Gasteiger partial charge in [0.15, 0.2) is 5.69 Å². The molecule has 6 heteroatoms. The summed E-state index contributed by atoms with van der Waals surface area (Å²) >= 11 is 0. The van der Waals surface area contributed by atoms with E-state index in [0.29, 0.717) is 5.69 Å². The number of benzene rings is 1. The van der Waals surface area contributed by atoms with Crippen LogP contribution in [-0.4, -0.2) is 45.3 Å². The molecule has 1 unspecified atom stereocenters. The van der Waals surface area contributed by atoms with Crippen molar-refractivity contribution >= 4 is 11.9 Å². The van der Waals surface area contributed by atoms with Gasteiger partial charge in [-0.05, 0) is 43.4 Å². The lowest BCUT2D eigenvalue weighted by molar-refractivity contribution is -0.141. The summed E-state index contributed by atoms with van der Waals surface area (Å²) in [5.41, 5.74) is 4.77. The average Bonchev–Trinajstić information content (AvgIpc) is 3.23. The Morgan fingerprint density at radius 2 is 1.96 bits per heavy atom. The van der Waals surface area contributed by atoms with Gasteiger partial charge in [0.1, 0.15) is 0 Å². The third kappa shape index (κ3) is 3.36. The van der Waals surface area contributed by atoms with Crippen molar-refractivity contribution in [3.8, 4) is 5.69 Å². The topological polar surface area (TPSA) is 75.4 Å². The number of hydrogen-bond donors (Lipinski definition) is 1. The normalized spacial score (nSPS) is 14.1. The van der Waals surface area contributed by atoms with E-state index in [1.807, 2.05) is 16.8 Å². The van der Waals surface area contributed by atoms with Gasteiger partial charge >= 0.3 is 5.97 Å². The highest BCUT2D eigenvalue weighted by Crippen LogP contribution is 2.28. The fourth-order valence-corrected chi connectivity index (χ4v) is 3.45. The number of hydrogen-bond acceptors (Lipinski definition) is 3. The highest BCUT2D eigenvalue weighted by molar-refractivity contribution is 5.94. The summed E-state index contributed by atoms with van der Waals surface area (Å²) in [7, 11) is 1.64. The number of carboxylic acid groups (broad SMARTS) is 1. The molecule has 0 bridgehead atoms. The molecular formula is C20H25N3O3. The number of aliphatic carboxylic acids is 1. The lowest BCUT2D eigenvalue weighted by atomic mass is 10.1. The van der Waals surface area contributed by atoms with Crippen molar-refractivity contribution < 1.29 is 14.7 Å². The van der Waals surface area contributed by atoms with Crippen molar-refractivity contribution in [1.29, 1.82) is 0 Å². The van der Waals surface area contributed by atoms with E-state index in [0.717, 1.165) is 42.6 Å². The number of carbonyl (C=O) groups is 2. The van der Waals surface area contributed by atoms with Gasteiger partial charge in [0.2, 0.25) is 0 Å². The molecule has 1 heterocycles. The molecule has 0 radical (unpaired) electrons. The van der Waals surface area contributed by atoms with Gasteiger partial charge in [-0.25, -0.2) is 4.68 Å². The molecule has 0 fully saturated rings. The summed E-state index contributed by atoms with van der Waals surface area (Å²) in [6, 6.07) is 8.24. The highest BCUT2D eigenvalue weighted by Gasteiger charge is 2.29. The van der Waals surface area contributed by atoms with E-state index >= 15 is 0 Å². The maximum absolute atomic E-state index is 12.9. The van der Waals surface area contributed by atoms with Crippen molar-refractivity contribution in [2.24, 2.45) is 5.92 Å². The zero-order valence-electron chi connectivity index (χ0n) is 15.5. The summed E-state index contributed by atoms with van der Waals surface area (Å²) in [6.07, 6.45) is 3.73. The van der Waals surface area contributed by atoms with Gasteiger partial charge in [0.25, 0.3) is 5.91 Å². The second kappa shape index (κ2) is 7.32. The van der Waals surface area contributed by atoms with Crippen molar-refractivity contribution in [3.63, 3.8) is 0 Å². The molecule has 6 nitrogen and oxygen atoms in total. The molecule has 0 saturated heterocycles. The van der Waals surface area contributed by atoms with E-state index in [1.165, 1.54) is 10.5 Å². The number of carbonyl (C=O) groups excluding carboxylic acids is 1. The third-order valence-corrected chi connectivity index (χ3v) is 5.04. The number of nitrogens with zero attached hydrogens (tertiary/aromatic N) is 3. The molecule has 0 saturated carbocycles. The number of fused-ring (bicyclic) bond motifs is 1. The van der Waals surface area contributed by atoms with Crippen LogP contribution in [0.5, 0.6) is 0 Å². The number of rotatable bonds is 6. The van der Waals surface area contributed by atoms with Crippen LogP contribution in [0, 0.1) is 5.92 Å². The minimum Gasteiger partial charge on any atom is -0.481 e. The van der Waals surface area contributed by atoms with Gasteiger partial charge < -0.3 is 10.0 Å². The molecule has 2 aromatic rings. The lowest BCUT2D eigenvalue weighted by Crippen LogP contribution is -2.34. The van der Waals surface area contributed by atoms with Crippen LogP contribution in [0.1, 0.15) is 47.6 Å². The molecule has 1 amide bonds. The van der Waals surface area contributed by atoms with Crippen LogP contribution in [0.3, 0.4) is 0 Å². The van der Waals surface area contributed by atoms with Crippen LogP contribution in [-0.2, 0) is 24.1 Å². The number of carboxylic acids is 1. The molecule has 138 valence electrons. The number of aryl methyl sites for hydroxylation is 1. The Morgan fingerprint density at radius 3 is 2.58 bits per heavy atom. The Morgan fingerprint density at radius 1 is 1.27 bits per heavy atom. The fourth-order valence-electron chi connectivity index (χ4n) is 3.45. The van der Waals surface area contributed by atoms with Crippen LogP contribution < -0.4 is 0 Å². The van der Waals surface area contributed by atoms with Crippen LogP contribution in [0.4, 0.5) is 0 Å². The maximum atomic E-state index is 12.9. The second-order valence-electron chi connectivity index (χ2n) is 6.98. The Kier molecular flexibility index (Phi) is 5.11. The molecule has 3 rings (SSSR count). The quantitative estimate of drug-likeness (QED) is 0.864. The number of amides is 1. The first-order valence-electron chi connectivity index (χ1n) is 9.10. The van der Waals surface area contributed by atoms with Gasteiger partial charge in [0.05, 0.1) is 11.6 Å². The van der Waals surface area contributed by atoms with E-state index in [9.17, 15) is 9.59 Å². The minimum absolute atomic E-state index is 0.168. The molecule has 1 aromatic heterocycles. The van der Waals surface area contributed by atoms with Crippen molar-refractivity contribution in [2.75, 3.05) is 13.6 Å². The second-order valence-corrected chi connectivity index (χ2v) is 6.98. The molecular weight excluding hydrogens is 330 g/mol. The third-order valence-electron chi connectivity index (χ3n) is 5.04. The summed E-state index contributed by atoms with van der Waals surface area (Å²) in [5, 5.41) is 13.7. The minimum atomic E-state index is -0.906. The molecule has 1 N–H and O–H groups in total. The van der Waals surface area contributed by atoms with Crippen molar-refractivity contribution in [3.05, 3.63) is 46.8 Å². The van der Waals surface area contributed by atoms with Crippen LogP contribution in [0.25, 0.3) is 5.69 Å².